The number of nitrogens with zero attached hydrogens (tertiary/aromatic N) is 4. The second-order valence-corrected chi connectivity index (χ2v) is 6.17. The number of carbonyl (C=O) groups is 1. The summed E-state index contributed by atoms with van der Waals surface area (Å²) in [6.07, 6.45) is 1.68. The number of carbonyl (C=O) groups excluding carboxylic acids is 1. The minimum atomic E-state index is -4.45. The van der Waals surface area contributed by atoms with Crippen molar-refractivity contribution in [1.82, 2.24) is 24.9 Å². The van der Waals surface area contributed by atoms with Gasteiger partial charge in [0.15, 0.2) is 5.69 Å². The van der Waals surface area contributed by atoms with Crippen molar-refractivity contribution in [2.75, 3.05) is 6.54 Å². The Balaban J connectivity index is 1.46. The third-order valence-electron chi connectivity index (χ3n) is 4.09. The van der Waals surface area contributed by atoms with Gasteiger partial charge in [-0.3, -0.25) is 14.2 Å². The lowest BCUT2D eigenvalue weighted by Gasteiger charge is -2.08. The maximum absolute atomic E-state index is 12.8. The van der Waals surface area contributed by atoms with Gasteiger partial charge in [-0.25, -0.2) is 0 Å². The van der Waals surface area contributed by atoms with Crippen molar-refractivity contribution in [3.05, 3.63) is 35.9 Å². The van der Waals surface area contributed by atoms with Crippen LogP contribution in [-0.4, -0.2) is 32.0 Å². The van der Waals surface area contributed by atoms with Crippen molar-refractivity contribution in [2.24, 2.45) is 0 Å². The molecule has 136 valence electrons. The number of aromatic nitrogens is 4. The standard InChI is InChI=1S/C16H20F3N5O/c17-16(18,19)14-11-13(12-3-4-12)24(22-14)10-5-15(25)20-6-1-8-23-9-2-7-21-23/h2,7,9,11-12H,1,3-6,8,10H2,(H,20,25). The first kappa shape index (κ1) is 17.5. The molecule has 3 rings (SSSR count). The Bertz CT molecular complexity index is 704. The van der Waals surface area contributed by atoms with Gasteiger partial charge in [0, 0.05) is 50.1 Å². The predicted molar refractivity (Wildman–Crippen MR) is 83.7 cm³/mol. The number of rotatable bonds is 8. The number of nitrogens with one attached hydrogen (secondary N) is 1. The van der Waals surface area contributed by atoms with Crippen LogP contribution in [-0.2, 0) is 24.1 Å². The molecule has 1 aliphatic rings. The fourth-order valence-corrected chi connectivity index (χ4v) is 2.65. The zero-order valence-corrected chi connectivity index (χ0v) is 13.7. The second kappa shape index (κ2) is 7.28. The van der Waals surface area contributed by atoms with Crippen LogP contribution in [0.5, 0.6) is 0 Å². The first-order valence-electron chi connectivity index (χ1n) is 8.32. The van der Waals surface area contributed by atoms with Crippen LogP contribution in [0.15, 0.2) is 24.5 Å². The highest BCUT2D eigenvalue weighted by atomic mass is 19.4. The summed E-state index contributed by atoms with van der Waals surface area (Å²) in [6.45, 7) is 1.36. The highest BCUT2D eigenvalue weighted by Crippen LogP contribution is 2.42. The Kier molecular flexibility index (Phi) is 5.10. The van der Waals surface area contributed by atoms with E-state index in [1.165, 1.54) is 4.68 Å². The van der Waals surface area contributed by atoms with E-state index in [-0.39, 0.29) is 24.8 Å². The lowest BCUT2D eigenvalue weighted by Crippen LogP contribution is -2.26. The molecule has 0 saturated heterocycles. The van der Waals surface area contributed by atoms with Crippen LogP contribution in [0.4, 0.5) is 13.2 Å². The van der Waals surface area contributed by atoms with Crippen LogP contribution in [0.1, 0.15) is 43.0 Å². The first-order valence-corrected chi connectivity index (χ1v) is 8.32. The van der Waals surface area contributed by atoms with E-state index in [2.05, 4.69) is 15.5 Å². The van der Waals surface area contributed by atoms with Crippen LogP contribution in [0.25, 0.3) is 0 Å². The number of halogens is 3. The minimum Gasteiger partial charge on any atom is -0.356 e. The van der Waals surface area contributed by atoms with E-state index in [4.69, 9.17) is 0 Å². The number of hydrogen-bond acceptors (Lipinski definition) is 3. The molecule has 0 unspecified atom stereocenters. The molecule has 6 nitrogen and oxygen atoms in total. The van der Waals surface area contributed by atoms with Crippen molar-refractivity contribution in [3.8, 4) is 0 Å². The Morgan fingerprint density at radius 1 is 1.32 bits per heavy atom. The van der Waals surface area contributed by atoms with E-state index in [1.54, 1.807) is 10.9 Å². The molecule has 2 aromatic heterocycles. The summed E-state index contributed by atoms with van der Waals surface area (Å²) in [5, 5.41) is 10.5. The van der Waals surface area contributed by atoms with Crippen LogP contribution >= 0.6 is 0 Å². The van der Waals surface area contributed by atoms with Gasteiger partial charge in [-0.2, -0.15) is 23.4 Å². The van der Waals surface area contributed by atoms with Gasteiger partial charge in [-0.1, -0.05) is 0 Å². The molecule has 1 amide bonds. The average Bonchev–Trinajstić information content (AvgIpc) is 3.09. The highest BCUT2D eigenvalue weighted by molar-refractivity contribution is 5.75. The Morgan fingerprint density at radius 3 is 2.76 bits per heavy atom. The van der Waals surface area contributed by atoms with E-state index >= 15 is 0 Å². The quantitative estimate of drug-likeness (QED) is 0.740. The third-order valence-corrected chi connectivity index (χ3v) is 4.09. The van der Waals surface area contributed by atoms with E-state index in [0.717, 1.165) is 25.3 Å². The maximum atomic E-state index is 12.8. The number of aryl methyl sites for hydroxylation is 2. The lowest BCUT2D eigenvalue weighted by molar-refractivity contribution is -0.141. The molecule has 25 heavy (non-hydrogen) atoms. The highest BCUT2D eigenvalue weighted by Gasteiger charge is 2.37. The van der Waals surface area contributed by atoms with E-state index in [0.29, 0.717) is 18.8 Å². The van der Waals surface area contributed by atoms with Gasteiger partial charge in [0.2, 0.25) is 5.91 Å². The molecule has 1 saturated carbocycles. The Hall–Kier alpha value is -2.32. The lowest BCUT2D eigenvalue weighted by atomic mass is 10.2. The molecule has 0 bridgehead atoms. The molecule has 0 radical (unpaired) electrons. The van der Waals surface area contributed by atoms with Crippen molar-refractivity contribution >= 4 is 5.91 Å². The Labute approximate surface area is 143 Å². The molecule has 1 fully saturated rings. The van der Waals surface area contributed by atoms with E-state index in [1.807, 2.05) is 12.3 Å². The molecule has 2 heterocycles. The molecule has 0 spiro atoms. The number of alkyl halides is 3. The molecule has 1 aliphatic carbocycles. The van der Waals surface area contributed by atoms with Gasteiger partial charge in [-0.05, 0) is 31.4 Å². The fourth-order valence-electron chi connectivity index (χ4n) is 2.65. The first-order chi connectivity index (χ1) is 11.9. The molecule has 0 aliphatic heterocycles. The van der Waals surface area contributed by atoms with Crippen molar-refractivity contribution in [2.45, 2.75) is 50.9 Å². The third kappa shape index (κ3) is 4.83. The van der Waals surface area contributed by atoms with Crippen LogP contribution in [0.3, 0.4) is 0 Å². The summed E-state index contributed by atoms with van der Waals surface area (Å²) >= 11 is 0. The zero-order chi connectivity index (χ0) is 17.9. The molecular weight excluding hydrogens is 335 g/mol. The number of hydrogen-bond donors (Lipinski definition) is 1. The fraction of sp³-hybridized carbons (Fsp3) is 0.562. The smallest absolute Gasteiger partial charge is 0.356 e. The molecular formula is C16H20F3N5O. The summed E-state index contributed by atoms with van der Waals surface area (Å²) in [5.41, 5.74) is -0.298. The maximum Gasteiger partial charge on any atom is 0.435 e. The van der Waals surface area contributed by atoms with Gasteiger partial charge in [0.05, 0.1) is 0 Å². The van der Waals surface area contributed by atoms with Gasteiger partial charge < -0.3 is 5.32 Å². The zero-order valence-electron chi connectivity index (χ0n) is 13.7. The minimum absolute atomic E-state index is 0.112. The van der Waals surface area contributed by atoms with Crippen LogP contribution < -0.4 is 5.32 Å². The van der Waals surface area contributed by atoms with E-state index < -0.39 is 11.9 Å². The van der Waals surface area contributed by atoms with Gasteiger partial charge in [-0.15, -0.1) is 0 Å². The van der Waals surface area contributed by atoms with Crippen LogP contribution in [0.2, 0.25) is 0 Å². The van der Waals surface area contributed by atoms with Gasteiger partial charge in [0.25, 0.3) is 0 Å². The van der Waals surface area contributed by atoms with Crippen molar-refractivity contribution in [3.63, 3.8) is 0 Å². The average molecular weight is 355 g/mol. The van der Waals surface area contributed by atoms with E-state index in [9.17, 15) is 18.0 Å². The normalized spacial score (nSPS) is 14.7. The topological polar surface area (TPSA) is 64.7 Å². The predicted octanol–water partition coefficient (Wildman–Crippen LogP) is 2.57. The summed E-state index contributed by atoms with van der Waals surface area (Å²) in [4.78, 5) is 11.9. The molecule has 0 aromatic carbocycles. The van der Waals surface area contributed by atoms with Crippen molar-refractivity contribution in [1.29, 1.82) is 0 Å². The van der Waals surface area contributed by atoms with Gasteiger partial charge in [0.1, 0.15) is 0 Å². The monoisotopic (exact) mass is 355 g/mol. The summed E-state index contributed by atoms with van der Waals surface area (Å²) in [7, 11) is 0. The number of amides is 1. The largest absolute Gasteiger partial charge is 0.435 e. The summed E-state index contributed by atoms with van der Waals surface area (Å²) in [6, 6.07) is 2.94. The van der Waals surface area contributed by atoms with Crippen molar-refractivity contribution < 1.29 is 18.0 Å². The summed E-state index contributed by atoms with van der Waals surface area (Å²) in [5.74, 6) is -0.0491. The van der Waals surface area contributed by atoms with Crippen LogP contribution in [0, 0.1) is 0 Å². The summed E-state index contributed by atoms with van der Waals surface area (Å²) < 4.78 is 41.6. The second-order valence-electron chi connectivity index (χ2n) is 6.17. The molecule has 0 atom stereocenters. The molecule has 1 N–H and O–H groups in total. The molecule has 2 aromatic rings. The SMILES string of the molecule is O=C(CCn1nc(C(F)(F)F)cc1C1CC1)NCCCn1cccn1. The Morgan fingerprint density at radius 2 is 2.12 bits per heavy atom. The van der Waals surface area contributed by atoms with Gasteiger partial charge >= 0.3 is 6.18 Å². The molecule has 9 heteroatoms.